The Bertz CT molecular complexity index is 1800. The zero-order chi connectivity index (χ0) is 33.9. The average Bonchev–Trinajstić information content (AvgIpc) is 3.41. The SMILES string of the molecule is CCc1c2c(nc3ccc(OC(=O)CCCC(=O)NC(CCCCNC)C(C)=O)cc13)-c1cc3c(c(=O)n1C2)COC(=O)[C@]3(O)CC. The fourth-order valence-electron chi connectivity index (χ4n) is 6.48. The molecule has 0 saturated carbocycles. The molecular weight excluding hydrogens is 604 g/mol. The molecule has 1 amide bonds. The van der Waals surface area contributed by atoms with Crippen molar-refractivity contribution in [1.82, 2.24) is 20.2 Å². The van der Waals surface area contributed by atoms with E-state index in [-0.39, 0.29) is 67.2 Å². The van der Waals surface area contributed by atoms with Crippen molar-refractivity contribution >= 4 is 34.5 Å². The first-order valence-electron chi connectivity index (χ1n) is 16.3. The van der Waals surface area contributed by atoms with E-state index in [0.29, 0.717) is 35.5 Å². The number of aliphatic hydroxyl groups is 1. The molecule has 0 aliphatic carbocycles. The molecular formula is C35H42N4O8. The average molecular weight is 647 g/mol. The number of hydrogen-bond donors (Lipinski definition) is 3. The number of aromatic nitrogens is 2. The number of rotatable bonds is 14. The van der Waals surface area contributed by atoms with Crippen molar-refractivity contribution < 1.29 is 33.8 Å². The number of Topliss-reactive ketones (excluding diaryl/α,β-unsaturated/α-hetero) is 1. The van der Waals surface area contributed by atoms with Gasteiger partial charge in [0, 0.05) is 29.4 Å². The molecule has 0 saturated heterocycles. The van der Waals surface area contributed by atoms with E-state index >= 15 is 0 Å². The summed E-state index contributed by atoms with van der Waals surface area (Å²) < 4.78 is 12.4. The van der Waals surface area contributed by atoms with Crippen molar-refractivity contribution in [3.8, 4) is 17.1 Å². The smallest absolute Gasteiger partial charge is 0.343 e. The van der Waals surface area contributed by atoms with E-state index in [2.05, 4.69) is 10.6 Å². The van der Waals surface area contributed by atoms with Crippen LogP contribution in [0.1, 0.15) is 88.0 Å². The number of ketones is 1. The lowest BCUT2D eigenvalue weighted by Crippen LogP contribution is -2.44. The number of nitrogens with one attached hydrogen (secondary N) is 2. The van der Waals surface area contributed by atoms with Crippen LogP contribution in [-0.2, 0) is 49.1 Å². The Morgan fingerprint density at radius 1 is 1.11 bits per heavy atom. The van der Waals surface area contributed by atoms with Crippen molar-refractivity contribution in [3.63, 3.8) is 0 Å². The highest BCUT2D eigenvalue weighted by Crippen LogP contribution is 2.40. The molecule has 0 bridgehead atoms. The first-order valence-corrected chi connectivity index (χ1v) is 16.3. The summed E-state index contributed by atoms with van der Waals surface area (Å²) in [6, 6.07) is 6.32. The third-order valence-corrected chi connectivity index (χ3v) is 9.14. The zero-order valence-electron chi connectivity index (χ0n) is 27.4. The van der Waals surface area contributed by atoms with Gasteiger partial charge in [0.1, 0.15) is 12.4 Å². The number of nitrogens with zero attached hydrogens (tertiary/aromatic N) is 2. The Labute approximate surface area is 272 Å². The Balaban J connectivity index is 1.29. The quantitative estimate of drug-likeness (QED) is 0.105. The van der Waals surface area contributed by atoms with Gasteiger partial charge >= 0.3 is 11.9 Å². The van der Waals surface area contributed by atoms with Crippen molar-refractivity contribution in [2.75, 3.05) is 13.6 Å². The van der Waals surface area contributed by atoms with Crippen LogP contribution >= 0.6 is 0 Å². The summed E-state index contributed by atoms with van der Waals surface area (Å²) >= 11 is 0. The van der Waals surface area contributed by atoms with Crippen LogP contribution in [0.3, 0.4) is 0 Å². The standard InChI is InChI=1S/C35H42N4O8/c1-5-22-23-16-21(47-31(42)12-9-11-30(41)37-27(20(3)40)10-7-8-15-36-4)13-14-28(23)38-32-24(22)18-39-29(32)17-26-25(33(39)43)19-46-34(44)35(26,45)6-2/h13-14,16-17,27,36,45H,5-12,15,18-19H2,1-4H3,(H,37,41)/t27?,35-/m0/s1. The Kier molecular flexibility index (Phi) is 10.2. The van der Waals surface area contributed by atoms with Crippen LogP contribution in [0.2, 0.25) is 0 Å². The maximum absolute atomic E-state index is 13.6. The van der Waals surface area contributed by atoms with Crippen molar-refractivity contribution in [1.29, 1.82) is 0 Å². The number of amides is 1. The molecule has 12 nitrogen and oxygen atoms in total. The second kappa shape index (κ2) is 14.1. The van der Waals surface area contributed by atoms with E-state index in [0.717, 1.165) is 35.9 Å². The fraction of sp³-hybridized carbons (Fsp3) is 0.486. The van der Waals surface area contributed by atoms with E-state index in [1.807, 2.05) is 14.0 Å². The minimum Gasteiger partial charge on any atom is -0.458 e. The third-order valence-electron chi connectivity index (χ3n) is 9.14. The van der Waals surface area contributed by atoms with Gasteiger partial charge in [-0.2, -0.15) is 0 Å². The third kappa shape index (κ3) is 6.70. The monoisotopic (exact) mass is 646 g/mol. The summed E-state index contributed by atoms with van der Waals surface area (Å²) in [5, 5.41) is 17.8. The molecule has 1 unspecified atom stereocenters. The molecule has 5 rings (SSSR count). The van der Waals surface area contributed by atoms with E-state index in [1.54, 1.807) is 35.8 Å². The van der Waals surface area contributed by atoms with Crippen LogP contribution in [-0.4, -0.2) is 57.9 Å². The molecule has 0 spiro atoms. The van der Waals surface area contributed by atoms with Gasteiger partial charge in [-0.15, -0.1) is 0 Å². The second-order valence-electron chi connectivity index (χ2n) is 12.2. The van der Waals surface area contributed by atoms with Crippen LogP contribution < -0.4 is 20.9 Å². The zero-order valence-corrected chi connectivity index (χ0v) is 27.4. The maximum Gasteiger partial charge on any atom is 0.343 e. The molecule has 12 heteroatoms. The largest absolute Gasteiger partial charge is 0.458 e. The van der Waals surface area contributed by atoms with E-state index in [1.165, 1.54) is 6.92 Å². The number of esters is 2. The number of cyclic esters (lactones) is 1. The summed E-state index contributed by atoms with van der Waals surface area (Å²) in [7, 11) is 1.87. The van der Waals surface area contributed by atoms with Gasteiger partial charge in [0.2, 0.25) is 5.91 Å². The van der Waals surface area contributed by atoms with E-state index in [9.17, 15) is 29.1 Å². The lowest BCUT2D eigenvalue weighted by Gasteiger charge is -2.31. The molecule has 0 fully saturated rings. The molecule has 250 valence electrons. The number of carbonyl (C=O) groups is 4. The summed E-state index contributed by atoms with van der Waals surface area (Å²) in [4.78, 5) is 68.0. The van der Waals surface area contributed by atoms with Gasteiger partial charge in [-0.25, -0.2) is 9.78 Å². The van der Waals surface area contributed by atoms with Crippen molar-refractivity contribution in [2.45, 2.75) is 96.9 Å². The highest BCUT2D eigenvalue weighted by molar-refractivity contribution is 5.91. The summed E-state index contributed by atoms with van der Waals surface area (Å²) in [5.74, 6) is -1.27. The van der Waals surface area contributed by atoms with Crippen molar-refractivity contribution in [3.05, 3.63) is 56.9 Å². The summed E-state index contributed by atoms with van der Waals surface area (Å²) in [6.07, 6.45) is 3.39. The Morgan fingerprint density at radius 2 is 1.89 bits per heavy atom. The fourth-order valence-corrected chi connectivity index (χ4v) is 6.48. The van der Waals surface area contributed by atoms with E-state index < -0.39 is 23.6 Å². The van der Waals surface area contributed by atoms with Gasteiger partial charge in [0.15, 0.2) is 11.4 Å². The van der Waals surface area contributed by atoms with Crippen LogP contribution in [0.5, 0.6) is 5.75 Å². The first-order chi connectivity index (χ1) is 22.5. The molecule has 3 N–H and O–H groups in total. The molecule has 1 aromatic carbocycles. The molecule has 4 heterocycles. The number of ether oxygens (including phenoxy) is 2. The molecule has 2 aromatic heterocycles. The Morgan fingerprint density at radius 3 is 2.60 bits per heavy atom. The van der Waals surface area contributed by atoms with Gasteiger partial charge in [0.05, 0.1) is 35.1 Å². The number of hydrogen-bond acceptors (Lipinski definition) is 10. The number of carbonyl (C=O) groups excluding carboxylic acids is 4. The number of fused-ring (bicyclic) bond motifs is 5. The molecule has 2 aliphatic rings. The van der Waals surface area contributed by atoms with Crippen LogP contribution in [0.4, 0.5) is 0 Å². The van der Waals surface area contributed by atoms with Crippen LogP contribution in [0, 0.1) is 0 Å². The van der Waals surface area contributed by atoms with E-state index in [4.69, 9.17) is 14.5 Å². The highest BCUT2D eigenvalue weighted by Gasteiger charge is 2.45. The predicted molar refractivity (Wildman–Crippen MR) is 174 cm³/mol. The van der Waals surface area contributed by atoms with Crippen molar-refractivity contribution in [2.24, 2.45) is 0 Å². The lowest BCUT2D eigenvalue weighted by atomic mass is 9.86. The molecule has 2 atom stereocenters. The van der Waals surface area contributed by atoms with Crippen LogP contribution in [0.15, 0.2) is 29.1 Å². The number of aryl methyl sites for hydroxylation is 1. The molecule has 3 aromatic rings. The topological polar surface area (TPSA) is 166 Å². The van der Waals surface area contributed by atoms with Gasteiger partial charge in [-0.1, -0.05) is 13.8 Å². The lowest BCUT2D eigenvalue weighted by molar-refractivity contribution is -0.172. The second-order valence-corrected chi connectivity index (χ2v) is 12.2. The van der Waals surface area contributed by atoms with Gasteiger partial charge in [0.25, 0.3) is 5.56 Å². The number of benzene rings is 1. The Hall–Kier alpha value is -4.42. The van der Waals surface area contributed by atoms with Crippen LogP contribution in [0.25, 0.3) is 22.3 Å². The number of unbranched alkanes of at least 4 members (excludes halogenated alkanes) is 1. The summed E-state index contributed by atoms with van der Waals surface area (Å²) in [6.45, 7) is 6.05. The summed E-state index contributed by atoms with van der Waals surface area (Å²) in [5.41, 5.74) is 1.89. The van der Waals surface area contributed by atoms with Gasteiger partial charge < -0.3 is 29.8 Å². The first kappa shape index (κ1) is 33.9. The maximum atomic E-state index is 13.6. The molecule has 0 radical (unpaired) electrons. The number of pyridine rings is 2. The molecule has 2 aliphatic heterocycles. The minimum absolute atomic E-state index is 0.0284. The highest BCUT2D eigenvalue weighted by atomic mass is 16.6. The minimum atomic E-state index is -1.90. The molecule has 47 heavy (non-hydrogen) atoms. The van der Waals surface area contributed by atoms with Gasteiger partial charge in [-0.3, -0.25) is 19.2 Å². The predicted octanol–water partition coefficient (Wildman–Crippen LogP) is 3.18. The normalized spacial score (nSPS) is 17.0. The van der Waals surface area contributed by atoms with Gasteiger partial charge in [-0.05, 0) is 88.9 Å².